The van der Waals surface area contributed by atoms with Gasteiger partial charge in [0.15, 0.2) is 0 Å². The number of thioether (sulfide) groups is 1. The SMILES string of the molecule is O=C(O)[C@H]1CSC(c2nccs2)N1. The minimum atomic E-state index is -0.786. The molecule has 2 rings (SSSR count). The molecule has 0 bridgehead atoms. The Labute approximate surface area is 83.4 Å². The molecule has 2 heterocycles. The fraction of sp³-hybridized carbons (Fsp3) is 0.429. The molecule has 0 spiro atoms. The summed E-state index contributed by atoms with van der Waals surface area (Å²) in [6.07, 6.45) is 1.73. The Morgan fingerprint density at radius 1 is 1.77 bits per heavy atom. The molecule has 13 heavy (non-hydrogen) atoms. The molecule has 0 aromatic carbocycles. The number of aliphatic carboxylic acids is 1. The van der Waals surface area contributed by atoms with Crippen LogP contribution in [0.2, 0.25) is 0 Å². The number of carboxylic acids is 1. The van der Waals surface area contributed by atoms with Crippen molar-refractivity contribution in [1.29, 1.82) is 0 Å². The third-order valence-corrected chi connectivity index (χ3v) is 3.96. The zero-order valence-electron chi connectivity index (χ0n) is 6.64. The summed E-state index contributed by atoms with van der Waals surface area (Å²) in [5.41, 5.74) is 0. The highest BCUT2D eigenvalue weighted by Gasteiger charge is 2.31. The quantitative estimate of drug-likeness (QED) is 0.770. The van der Waals surface area contributed by atoms with E-state index in [0.29, 0.717) is 5.75 Å². The van der Waals surface area contributed by atoms with Crippen LogP contribution in [0.3, 0.4) is 0 Å². The number of hydrogen-bond donors (Lipinski definition) is 2. The van der Waals surface area contributed by atoms with Crippen LogP contribution >= 0.6 is 23.1 Å². The van der Waals surface area contributed by atoms with E-state index in [1.807, 2.05) is 5.38 Å². The summed E-state index contributed by atoms with van der Waals surface area (Å²) in [6, 6.07) is -0.432. The maximum atomic E-state index is 10.6. The van der Waals surface area contributed by atoms with Gasteiger partial charge in [0.1, 0.15) is 16.4 Å². The first-order valence-electron chi connectivity index (χ1n) is 3.77. The zero-order chi connectivity index (χ0) is 9.26. The summed E-state index contributed by atoms with van der Waals surface area (Å²) in [5.74, 6) is -0.175. The lowest BCUT2D eigenvalue weighted by Crippen LogP contribution is -2.33. The first kappa shape index (κ1) is 8.98. The van der Waals surface area contributed by atoms with Gasteiger partial charge in [-0.25, -0.2) is 4.98 Å². The number of rotatable bonds is 2. The number of carbonyl (C=O) groups is 1. The van der Waals surface area contributed by atoms with Crippen molar-refractivity contribution in [2.45, 2.75) is 11.4 Å². The minimum absolute atomic E-state index is 0.0566. The second-order valence-corrected chi connectivity index (χ2v) is 4.71. The van der Waals surface area contributed by atoms with Crippen LogP contribution in [0.25, 0.3) is 0 Å². The van der Waals surface area contributed by atoms with Crippen LogP contribution in [0, 0.1) is 0 Å². The van der Waals surface area contributed by atoms with E-state index in [1.54, 1.807) is 29.3 Å². The molecule has 0 radical (unpaired) electrons. The van der Waals surface area contributed by atoms with Crippen LogP contribution in [0.5, 0.6) is 0 Å². The third-order valence-electron chi connectivity index (χ3n) is 1.76. The molecule has 1 aromatic heterocycles. The highest BCUT2D eigenvalue weighted by molar-refractivity contribution is 7.99. The molecule has 1 fully saturated rings. The molecular weight excluding hydrogens is 208 g/mol. The summed E-state index contributed by atoms with van der Waals surface area (Å²) in [5, 5.41) is 14.6. The van der Waals surface area contributed by atoms with Gasteiger partial charge in [0, 0.05) is 17.3 Å². The van der Waals surface area contributed by atoms with Crippen molar-refractivity contribution < 1.29 is 9.90 Å². The van der Waals surface area contributed by atoms with Gasteiger partial charge in [0.2, 0.25) is 0 Å². The molecule has 1 aliphatic rings. The Kier molecular flexibility index (Phi) is 2.52. The fourth-order valence-electron chi connectivity index (χ4n) is 1.12. The molecule has 6 heteroatoms. The van der Waals surface area contributed by atoms with Crippen molar-refractivity contribution in [2.24, 2.45) is 0 Å². The van der Waals surface area contributed by atoms with Crippen molar-refractivity contribution in [1.82, 2.24) is 10.3 Å². The normalized spacial score (nSPS) is 27.7. The molecule has 0 aliphatic carbocycles. The standard InChI is InChI=1S/C7H8N2O2S2/c10-7(11)4-3-13-6(9-4)5-8-1-2-12-5/h1-2,4,6,9H,3H2,(H,10,11)/t4-,6?/m1/s1. The predicted octanol–water partition coefficient (Wildman–Crippen LogP) is 0.931. The monoisotopic (exact) mass is 216 g/mol. The van der Waals surface area contributed by atoms with Gasteiger partial charge in [0.05, 0.1) is 0 Å². The van der Waals surface area contributed by atoms with E-state index < -0.39 is 12.0 Å². The van der Waals surface area contributed by atoms with Crippen LogP contribution in [0.4, 0.5) is 0 Å². The van der Waals surface area contributed by atoms with Gasteiger partial charge in [-0.2, -0.15) is 0 Å². The van der Waals surface area contributed by atoms with E-state index >= 15 is 0 Å². The molecule has 70 valence electrons. The summed E-state index contributed by atoms with van der Waals surface area (Å²) in [4.78, 5) is 14.8. The van der Waals surface area contributed by atoms with Gasteiger partial charge in [-0.3, -0.25) is 10.1 Å². The zero-order valence-corrected chi connectivity index (χ0v) is 8.27. The summed E-state index contributed by atoms with van der Waals surface area (Å²) in [7, 11) is 0. The van der Waals surface area contributed by atoms with Crippen LogP contribution in [-0.2, 0) is 4.79 Å². The topological polar surface area (TPSA) is 62.2 Å². The Morgan fingerprint density at radius 3 is 3.15 bits per heavy atom. The Bertz CT molecular complexity index is 301. The predicted molar refractivity (Wildman–Crippen MR) is 51.9 cm³/mol. The Hall–Kier alpha value is -0.590. The van der Waals surface area contributed by atoms with E-state index in [1.165, 1.54) is 0 Å². The molecule has 0 saturated carbocycles. The van der Waals surface area contributed by atoms with Gasteiger partial charge in [-0.05, 0) is 0 Å². The largest absolute Gasteiger partial charge is 0.480 e. The van der Waals surface area contributed by atoms with E-state index in [2.05, 4.69) is 10.3 Å². The highest BCUT2D eigenvalue weighted by atomic mass is 32.2. The number of carboxylic acid groups (broad SMARTS) is 1. The maximum Gasteiger partial charge on any atom is 0.321 e. The Balaban J connectivity index is 2.03. The van der Waals surface area contributed by atoms with Crippen LogP contribution in [0.1, 0.15) is 10.4 Å². The van der Waals surface area contributed by atoms with Crippen molar-refractivity contribution in [3.63, 3.8) is 0 Å². The van der Waals surface area contributed by atoms with Crippen LogP contribution < -0.4 is 5.32 Å². The molecular formula is C7H8N2O2S2. The highest BCUT2D eigenvalue weighted by Crippen LogP contribution is 2.33. The van der Waals surface area contributed by atoms with Gasteiger partial charge >= 0.3 is 5.97 Å². The van der Waals surface area contributed by atoms with Crippen molar-refractivity contribution in [3.8, 4) is 0 Å². The Morgan fingerprint density at radius 2 is 2.62 bits per heavy atom. The lowest BCUT2D eigenvalue weighted by atomic mass is 10.3. The lowest BCUT2D eigenvalue weighted by Gasteiger charge is -2.06. The molecule has 2 atom stereocenters. The van der Waals surface area contributed by atoms with Gasteiger partial charge < -0.3 is 5.11 Å². The molecule has 0 amide bonds. The fourth-order valence-corrected chi connectivity index (χ4v) is 3.15. The third kappa shape index (κ3) is 1.84. The molecule has 1 aliphatic heterocycles. The maximum absolute atomic E-state index is 10.6. The average molecular weight is 216 g/mol. The number of nitrogens with zero attached hydrogens (tertiary/aromatic N) is 1. The molecule has 2 N–H and O–H groups in total. The number of nitrogens with one attached hydrogen (secondary N) is 1. The average Bonchev–Trinajstić information content (AvgIpc) is 2.75. The molecule has 4 nitrogen and oxygen atoms in total. The first-order chi connectivity index (χ1) is 6.27. The second-order valence-electron chi connectivity index (χ2n) is 2.64. The van der Waals surface area contributed by atoms with Crippen molar-refractivity contribution >= 4 is 29.1 Å². The van der Waals surface area contributed by atoms with E-state index in [9.17, 15) is 4.79 Å². The number of aromatic nitrogens is 1. The minimum Gasteiger partial charge on any atom is -0.480 e. The summed E-state index contributed by atoms with van der Waals surface area (Å²) < 4.78 is 0. The van der Waals surface area contributed by atoms with Gasteiger partial charge in [-0.1, -0.05) is 0 Å². The first-order valence-corrected chi connectivity index (χ1v) is 5.70. The van der Waals surface area contributed by atoms with Crippen LogP contribution in [0.15, 0.2) is 11.6 Å². The lowest BCUT2D eigenvalue weighted by molar-refractivity contribution is -0.138. The van der Waals surface area contributed by atoms with E-state index in [0.717, 1.165) is 5.01 Å². The second kappa shape index (κ2) is 3.65. The summed E-state index contributed by atoms with van der Waals surface area (Å²) >= 11 is 3.14. The molecule has 1 aromatic rings. The van der Waals surface area contributed by atoms with E-state index in [-0.39, 0.29) is 5.37 Å². The van der Waals surface area contributed by atoms with Crippen LogP contribution in [-0.4, -0.2) is 27.9 Å². The molecule has 1 saturated heterocycles. The smallest absolute Gasteiger partial charge is 0.321 e. The molecule has 1 unspecified atom stereocenters. The van der Waals surface area contributed by atoms with Crippen molar-refractivity contribution in [3.05, 3.63) is 16.6 Å². The van der Waals surface area contributed by atoms with Crippen molar-refractivity contribution in [2.75, 3.05) is 5.75 Å². The number of hydrogen-bond acceptors (Lipinski definition) is 5. The number of thiazole rings is 1. The van der Waals surface area contributed by atoms with E-state index in [4.69, 9.17) is 5.11 Å². The van der Waals surface area contributed by atoms with Gasteiger partial charge in [0.25, 0.3) is 0 Å². The summed E-state index contributed by atoms with van der Waals surface area (Å²) in [6.45, 7) is 0. The van der Waals surface area contributed by atoms with Gasteiger partial charge in [-0.15, -0.1) is 23.1 Å².